The van der Waals surface area contributed by atoms with Gasteiger partial charge in [0.05, 0.1) is 0 Å². The molecule has 2 unspecified atom stereocenters. The summed E-state index contributed by atoms with van der Waals surface area (Å²) in [6.45, 7) is 3.94. The van der Waals surface area contributed by atoms with Crippen LogP contribution in [0.3, 0.4) is 0 Å². The lowest BCUT2D eigenvalue weighted by molar-refractivity contribution is 0.381. The van der Waals surface area contributed by atoms with Gasteiger partial charge in [-0.05, 0) is 25.2 Å². The maximum atomic E-state index is 11.7. The Hall–Kier alpha value is -1.36. The Morgan fingerprint density at radius 2 is 2.22 bits per heavy atom. The quantitative estimate of drug-likeness (QED) is 0.812. The highest BCUT2D eigenvalue weighted by molar-refractivity contribution is 5.39. The molecule has 2 aliphatic rings. The third-order valence-electron chi connectivity index (χ3n) is 4.01. The molecule has 98 valence electrons. The van der Waals surface area contributed by atoms with Crippen molar-refractivity contribution in [2.24, 2.45) is 11.7 Å². The van der Waals surface area contributed by atoms with Crippen LogP contribution in [0.25, 0.3) is 0 Å². The minimum absolute atomic E-state index is 0.0376. The van der Waals surface area contributed by atoms with Gasteiger partial charge in [-0.3, -0.25) is 4.79 Å². The zero-order valence-electron chi connectivity index (χ0n) is 10.7. The molecular weight excluding hydrogens is 228 g/mol. The molecule has 1 saturated heterocycles. The normalized spacial score (nSPS) is 28.4. The topological polar surface area (TPSA) is 75.0 Å². The number of nitrogens with zero attached hydrogens (tertiary/aromatic N) is 2. The van der Waals surface area contributed by atoms with Crippen molar-refractivity contribution in [3.63, 3.8) is 0 Å². The Morgan fingerprint density at radius 1 is 1.44 bits per heavy atom. The van der Waals surface area contributed by atoms with E-state index in [0.717, 1.165) is 44.0 Å². The fourth-order valence-electron chi connectivity index (χ4n) is 2.55. The molecule has 3 rings (SSSR count). The highest BCUT2D eigenvalue weighted by Gasteiger charge is 2.28. The molecule has 5 heteroatoms. The van der Waals surface area contributed by atoms with E-state index >= 15 is 0 Å². The number of aromatic amines is 1. The first-order valence-electron chi connectivity index (χ1n) is 6.75. The molecule has 3 N–H and O–H groups in total. The minimum Gasteiger partial charge on any atom is -0.356 e. The summed E-state index contributed by atoms with van der Waals surface area (Å²) >= 11 is 0. The highest BCUT2D eigenvalue weighted by Crippen LogP contribution is 2.38. The van der Waals surface area contributed by atoms with Crippen molar-refractivity contribution in [2.75, 3.05) is 18.0 Å². The number of nitrogens with one attached hydrogen (secondary N) is 1. The van der Waals surface area contributed by atoms with E-state index in [9.17, 15) is 4.79 Å². The van der Waals surface area contributed by atoms with Crippen molar-refractivity contribution in [3.8, 4) is 0 Å². The van der Waals surface area contributed by atoms with Gasteiger partial charge in [-0.1, -0.05) is 6.92 Å². The molecular formula is C13H20N4O. The molecule has 1 aromatic rings. The summed E-state index contributed by atoms with van der Waals surface area (Å²) in [6.07, 6.45) is 3.26. The maximum absolute atomic E-state index is 11.7. The molecule has 0 bridgehead atoms. The largest absolute Gasteiger partial charge is 0.356 e. The summed E-state index contributed by atoms with van der Waals surface area (Å²) in [5.74, 6) is 2.60. The number of nitrogens with two attached hydrogens (primary N) is 1. The zero-order valence-corrected chi connectivity index (χ0v) is 10.7. The summed E-state index contributed by atoms with van der Waals surface area (Å²) in [4.78, 5) is 21.3. The van der Waals surface area contributed by atoms with E-state index in [4.69, 9.17) is 5.73 Å². The smallest absolute Gasteiger partial charge is 0.252 e. The highest BCUT2D eigenvalue weighted by atomic mass is 16.1. The van der Waals surface area contributed by atoms with Crippen LogP contribution in [-0.4, -0.2) is 29.1 Å². The van der Waals surface area contributed by atoms with Gasteiger partial charge >= 0.3 is 0 Å². The third kappa shape index (κ3) is 2.27. The van der Waals surface area contributed by atoms with Crippen molar-refractivity contribution >= 4 is 5.82 Å². The van der Waals surface area contributed by atoms with E-state index in [1.165, 1.54) is 0 Å². The van der Waals surface area contributed by atoms with Crippen LogP contribution in [0, 0.1) is 5.92 Å². The summed E-state index contributed by atoms with van der Waals surface area (Å²) < 4.78 is 0. The first-order valence-corrected chi connectivity index (χ1v) is 6.75. The minimum atomic E-state index is -0.0376. The number of hydrogen-bond donors (Lipinski definition) is 2. The first kappa shape index (κ1) is 11.7. The lowest BCUT2D eigenvalue weighted by Gasteiger charge is -2.35. The van der Waals surface area contributed by atoms with Crippen LogP contribution in [0.2, 0.25) is 0 Å². The van der Waals surface area contributed by atoms with Gasteiger partial charge in [0.25, 0.3) is 5.56 Å². The number of piperidine rings is 1. The van der Waals surface area contributed by atoms with E-state index in [0.29, 0.717) is 11.8 Å². The van der Waals surface area contributed by atoms with Crippen LogP contribution in [0.15, 0.2) is 10.9 Å². The third-order valence-corrected chi connectivity index (χ3v) is 4.01. The Morgan fingerprint density at radius 3 is 2.89 bits per heavy atom. The molecule has 1 aliphatic heterocycles. The Balaban J connectivity index is 1.85. The van der Waals surface area contributed by atoms with Crippen molar-refractivity contribution in [3.05, 3.63) is 22.2 Å². The Kier molecular flexibility index (Phi) is 2.86. The average molecular weight is 248 g/mol. The molecule has 2 fully saturated rings. The van der Waals surface area contributed by atoms with Gasteiger partial charge in [0.15, 0.2) is 0 Å². The monoisotopic (exact) mass is 248 g/mol. The molecule has 0 spiro atoms. The van der Waals surface area contributed by atoms with Gasteiger partial charge in [0, 0.05) is 31.1 Å². The molecule has 2 atom stereocenters. The Bertz CT molecular complexity index is 494. The number of hydrogen-bond acceptors (Lipinski definition) is 4. The lowest BCUT2D eigenvalue weighted by Crippen LogP contribution is -2.46. The van der Waals surface area contributed by atoms with Gasteiger partial charge in [0.2, 0.25) is 0 Å². The lowest BCUT2D eigenvalue weighted by atomic mass is 9.95. The summed E-state index contributed by atoms with van der Waals surface area (Å²) in [6, 6.07) is 1.88. The summed E-state index contributed by atoms with van der Waals surface area (Å²) in [7, 11) is 0. The van der Waals surface area contributed by atoms with Gasteiger partial charge < -0.3 is 15.6 Å². The van der Waals surface area contributed by atoms with E-state index in [2.05, 4.69) is 21.8 Å². The second-order valence-corrected chi connectivity index (χ2v) is 5.64. The van der Waals surface area contributed by atoms with Crippen LogP contribution in [0.5, 0.6) is 0 Å². The van der Waals surface area contributed by atoms with Crippen LogP contribution in [0.1, 0.15) is 37.9 Å². The predicted octanol–water partition coefficient (Wildman–Crippen LogP) is 0.821. The SMILES string of the molecule is CC1CN(c2cc(=O)[nH]c(C3CC3)n2)CCC1N. The molecule has 0 aromatic carbocycles. The van der Waals surface area contributed by atoms with Crippen molar-refractivity contribution in [2.45, 2.75) is 38.1 Å². The molecule has 2 heterocycles. The van der Waals surface area contributed by atoms with Crippen molar-refractivity contribution in [1.82, 2.24) is 9.97 Å². The number of rotatable bonds is 2. The number of aromatic nitrogens is 2. The van der Waals surface area contributed by atoms with Crippen LogP contribution in [0.4, 0.5) is 5.82 Å². The molecule has 0 amide bonds. The van der Waals surface area contributed by atoms with Gasteiger partial charge in [0.1, 0.15) is 11.6 Å². The van der Waals surface area contributed by atoms with Crippen LogP contribution >= 0.6 is 0 Å². The Labute approximate surface area is 106 Å². The van der Waals surface area contributed by atoms with Gasteiger partial charge in [-0.2, -0.15) is 0 Å². The van der Waals surface area contributed by atoms with Crippen LogP contribution in [-0.2, 0) is 0 Å². The standard InChI is InChI=1S/C13H20N4O/c1-8-7-17(5-4-10(8)14)11-6-12(18)16-13(15-11)9-2-3-9/h6,8-10H,2-5,7,14H2,1H3,(H,15,16,18). The molecule has 18 heavy (non-hydrogen) atoms. The number of H-pyrrole nitrogens is 1. The molecule has 1 aromatic heterocycles. The van der Waals surface area contributed by atoms with E-state index in [-0.39, 0.29) is 11.6 Å². The van der Waals surface area contributed by atoms with E-state index in [1.54, 1.807) is 6.07 Å². The fraction of sp³-hybridized carbons (Fsp3) is 0.692. The van der Waals surface area contributed by atoms with Crippen molar-refractivity contribution in [1.29, 1.82) is 0 Å². The van der Waals surface area contributed by atoms with Crippen molar-refractivity contribution < 1.29 is 0 Å². The fourth-order valence-corrected chi connectivity index (χ4v) is 2.55. The maximum Gasteiger partial charge on any atom is 0.252 e. The number of anilines is 1. The predicted molar refractivity (Wildman–Crippen MR) is 70.8 cm³/mol. The van der Waals surface area contributed by atoms with Gasteiger partial charge in [-0.15, -0.1) is 0 Å². The van der Waals surface area contributed by atoms with Gasteiger partial charge in [-0.25, -0.2) is 4.98 Å². The summed E-state index contributed by atoms with van der Waals surface area (Å²) in [5, 5.41) is 0. The second kappa shape index (κ2) is 4.39. The van der Waals surface area contributed by atoms with Crippen LogP contribution < -0.4 is 16.2 Å². The molecule has 1 aliphatic carbocycles. The zero-order chi connectivity index (χ0) is 12.7. The van der Waals surface area contributed by atoms with E-state index < -0.39 is 0 Å². The molecule has 0 radical (unpaired) electrons. The van der Waals surface area contributed by atoms with E-state index in [1.807, 2.05) is 0 Å². The molecule has 1 saturated carbocycles. The molecule has 5 nitrogen and oxygen atoms in total. The second-order valence-electron chi connectivity index (χ2n) is 5.64. The average Bonchev–Trinajstić information content (AvgIpc) is 3.16. The first-order chi connectivity index (χ1) is 8.63. The summed E-state index contributed by atoms with van der Waals surface area (Å²) in [5.41, 5.74) is 5.98.